The third-order valence-corrected chi connectivity index (χ3v) is 4.53. The highest BCUT2D eigenvalue weighted by Crippen LogP contribution is 2.22. The summed E-state index contributed by atoms with van der Waals surface area (Å²) in [5.41, 5.74) is 2.00. The number of aryl methyl sites for hydroxylation is 1. The van der Waals surface area contributed by atoms with Gasteiger partial charge in [0.15, 0.2) is 4.80 Å². The van der Waals surface area contributed by atoms with E-state index < -0.39 is 0 Å². The van der Waals surface area contributed by atoms with Gasteiger partial charge in [0.05, 0.1) is 17.3 Å². The van der Waals surface area contributed by atoms with Crippen molar-refractivity contribution in [1.82, 2.24) is 4.57 Å². The van der Waals surface area contributed by atoms with Crippen LogP contribution in [0.15, 0.2) is 59.6 Å². The molecule has 0 aliphatic heterocycles. The summed E-state index contributed by atoms with van der Waals surface area (Å²) in [6, 6.07) is 15.5. The van der Waals surface area contributed by atoms with Crippen LogP contribution in [0.3, 0.4) is 0 Å². The van der Waals surface area contributed by atoms with Gasteiger partial charge in [-0.2, -0.15) is 4.99 Å². The van der Waals surface area contributed by atoms with Crippen LogP contribution in [-0.4, -0.2) is 17.6 Å². The number of rotatable bonds is 3. The van der Waals surface area contributed by atoms with E-state index in [4.69, 9.17) is 4.74 Å². The van der Waals surface area contributed by atoms with E-state index in [0.29, 0.717) is 4.80 Å². The number of nitrogens with zero attached hydrogens (tertiary/aromatic N) is 2. The molecule has 116 valence electrons. The Morgan fingerprint density at radius 3 is 2.74 bits per heavy atom. The normalized spacial score (nSPS) is 12.2. The topological polar surface area (TPSA) is 43.6 Å². The van der Waals surface area contributed by atoms with Crippen molar-refractivity contribution in [3.05, 3.63) is 65.0 Å². The Morgan fingerprint density at radius 1 is 1.22 bits per heavy atom. The molecule has 0 atom stereocenters. The SMILES string of the molecule is COc1ccc2c(c1)sc(=NC(=O)C=Cc1ccccc1)n2C. The summed E-state index contributed by atoms with van der Waals surface area (Å²) in [6.07, 6.45) is 3.25. The first-order valence-corrected chi connectivity index (χ1v) is 7.94. The van der Waals surface area contributed by atoms with Gasteiger partial charge in [-0.1, -0.05) is 41.7 Å². The Kier molecular flexibility index (Phi) is 4.39. The molecule has 0 aliphatic carbocycles. The summed E-state index contributed by atoms with van der Waals surface area (Å²) >= 11 is 1.47. The third kappa shape index (κ3) is 3.40. The molecule has 5 heteroatoms. The molecular formula is C18H16N2O2S. The molecule has 0 saturated carbocycles. The van der Waals surface area contributed by atoms with Gasteiger partial charge in [0.2, 0.25) is 0 Å². The van der Waals surface area contributed by atoms with E-state index in [0.717, 1.165) is 21.5 Å². The quantitative estimate of drug-likeness (QED) is 0.693. The zero-order chi connectivity index (χ0) is 16.2. The maximum atomic E-state index is 12.1. The number of hydrogen-bond donors (Lipinski definition) is 0. The lowest BCUT2D eigenvalue weighted by molar-refractivity contribution is -0.113. The lowest BCUT2D eigenvalue weighted by Gasteiger charge is -1.99. The molecule has 0 radical (unpaired) electrons. The number of benzene rings is 2. The summed E-state index contributed by atoms with van der Waals surface area (Å²) in [4.78, 5) is 16.9. The van der Waals surface area contributed by atoms with E-state index in [1.807, 2.05) is 60.1 Å². The molecule has 0 N–H and O–H groups in total. The maximum Gasteiger partial charge on any atom is 0.272 e. The van der Waals surface area contributed by atoms with E-state index in [2.05, 4.69) is 4.99 Å². The van der Waals surface area contributed by atoms with Gasteiger partial charge in [-0.3, -0.25) is 4.79 Å². The van der Waals surface area contributed by atoms with Crippen molar-refractivity contribution in [2.45, 2.75) is 0 Å². The zero-order valence-electron chi connectivity index (χ0n) is 12.9. The van der Waals surface area contributed by atoms with Gasteiger partial charge in [-0.05, 0) is 29.8 Å². The Hall–Kier alpha value is -2.66. The van der Waals surface area contributed by atoms with Crippen LogP contribution in [0, 0.1) is 0 Å². The number of aromatic nitrogens is 1. The van der Waals surface area contributed by atoms with Gasteiger partial charge in [-0.25, -0.2) is 0 Å². The van der Waals surface area contributed by atoms with E-state index in [-0.39, 0.29) is 5.91 Å². The van der Waals surface area contributed by atoms with Crippen molar-refractivity contribution in [2.24, 2.45) is 12.0 Å². The lowest BCUT2D eigenvalue weighted by Crippen LogP contribution is -2.12. The van der Waals surface area contributed by atoms with Crippen LogP contribution in [0.2, 0.25) is 0 Å². The number of carbonyl (C=O) groups is 1. The molecule has 1 aromatic heterocycles. The first-order valence-electron chi connectivity index (χ1n) is 7.13. The minimum Gasteiger partial charge on any atom is -0.497 e. The van der Waals surface area contributed by atoms with Crippen molar-refractivity contribution >= 4 is 33.5 Å². The number of methoxy groups -OCH3 is 1. The van der Waals surface area contributed by atoms with Crippen LogP contribution in [0.25, 0.3) is 16.3 Å². The van der Waals surface area contributed by atoms with Gasteiger partial charge in [-0.15, -0.1) is 0 Å². The highest BCUT2D eigenvalue weighted by Gasteiger charge is 2.05. The van der Waals surface area contributed by atoms with Crippen molar-refractivity contribution < 1.29 is 9.53 Å². The van der Waals surface area contributed by atoms with Crippen LogP contribution in [0.5, 0.6) is 5.75 Å². The minimum absolute atomic E-state index is 0.275. The van der Waals surface area contributed by atoms with Crippen molar-refractivity contribution in [2.75, 3.05) is 7.11 Å². The monoisotopic (exact) mass is 324 g/mol. The average molecular weight is 324 g/mol. The molecular weight excluding hydrogens is 308 g/mol. The number of carbonyl (C=O) groups excluding carboxylic acids is 1. The first-order chi connectivity index (χ1) is 11.2. The lowest BCUT2D eigenvalue weighted by atomic mass is 10.2. The molecule has 2 aromatic carbocycles. The number of thiazole rings is 1. The van der Waals surface area contributed by atoms with E-state index >= 15 is 0 Å². The highest BCUT2D eigenvalue weighted by atomic mass is 32.1. The second kappa shape index (κ2) is 6.62. The number of hydrogen-bond acceptors (Lipinski definition) is 3. The summed E-state index contributed by atoms with van der Waals surface area (Å²) in [6.45, 7) is 0. The van der Waals surface area contributed by atoms with Gasteiger partial charge < -0.3 is 9.30 Å². The molecule has 1 heterocycles. The molecule has 3 aromatic rings. The average Bonchev–Trinajstić information content (AvgIpc) is 2.89. The molecule has 0 spiro atoms. The number of fused-ring (bicyclic) bond motifs is 1. The molecule has 0 bridgehead atoms. The largest absolute Gasteiger partial charge is 0.497 e. The zero-order valence-corrected chi connectivity index (χ0v) is 13.7. The predicted molar refractivity (Wildman–Crippen MR) is 93.4 cm³/mol. The predicted octanol–water partition coefficient (Wildman–Crippen LogP) is 3.39. The Bertz CT molecular complexity index is 937. The van der Waals surface area contributed by atoms with Crippen molar-refractivity contribution in [3.8, 4) is 5.75 Å². The third-order valence-electron chi connectivity index (χ3n) is 3.44. The van der Waals surface area contributed by atoms with Crippen LogP contribution < -0.4 is 9.54 Å². The van der Waals surface area contributed by atoms with Crippen LogP contribution in [0.4, 0.5) is 0 Å². The standard InChI is InChI=1S/C18H16N2O2S/c1-20-15-10-9-14(22-2)12-16(15)23-18(20)19-17(21)11-8-13-6-4-3-5-7-13/h3-12H,1-2H3. The maximum absolute atomic E-state index is 12.1. The second-order valence-electron chi connectivity index (χ2n) is 4.97. The van der Waals surface area contributed by atoms with Crippen LogP contribution in [0.1, 0.15) is 5.56 Å². The van der Waals surface area contributed by atoms with Crippen LogP contribution in [-0.2, 0) is 11.8 Å². The summed E-state index contributed by atoms with van der Waals surface area (Å²) in [5.74, 6) is 0.518. The van der Waals surface area contributed by atoms with Gasteiger partial charge in [0.25, 0.3) is 5.91 Å². The van der Waals surface area contributed by atoms with Gasteiger partial charge in [0.1, 0.15) is 5.75 Å². The summed E-state index contributed by atoms with van der Waals surface area (Å²) in [5, 5.41) is 0. The highest BCUT2D eigenvalue weighted by molar-refractivity contribution is 7.16. The minimum atomic E-state index is -0.275. The molecule has 0 saturated heterocycles. The fourth-order valence-corrected chi connectivity index (χ4v) is 3.26. The molecule has 1 amide bonds. The van der Waals surface area contributed by atoms with Gasteiger partial charge in [0, 0.05) is 13.1 Å². The summed E-state index contributed by atoms with van der Waals surface area (Å²) in [7, 11) is 3.54. The van der Waals surface area contributed by atoms with E-state index in [1.54, 1.807) is 13.2 Å². The number of ether oxygens (including phenoxy) is 1. The fraction of sp³-hybridized carbons (Fsp3) is 0.111. The molecule has 4 nitrogen and oxygen atoms in total. The first kappa shape index (κ1) is 15.2. The molecule has 0 unspecified atom stereocenters. The molecule has 23 heavy (non-hydrogen) atoms. The van der Waals surface area contributed by atoms with Gasteiger partial charge >= 0.3 is 0 Å². The Morgan fingerprint density at radius 2 is 2.00 bits per heavy atom. The summed E-state index contributed by atoms with van der Waals surface area (Å²) < 4.78 is 8.17. The van der Waals surface area contributed by atoms with Crippen LogP contribution >= 0.6 is 11.3 Å². The Balaban J connectivity index is 1.92. The van der Waals surface area contributed by atoms with E-state index in [9.17, 15) is 4.79 Å². The molecule has 0 fully saturated rings. The van der Waals surface area contributed by atoms with Crippen molar-refractivity contribution in [3.63, 3.8) is 0 Å². The van der Waals surface area contributed by atoms with E-state index in [1.165, 1.54) is 17.4 Å². The second-order valence-corrected chi connectivity index (χ2v) is 5.98. The van der Waals surface area contributed by atoms with Crippen molar-refractivity contribution in [1.29, 1.82) is 0 Å². The molecule has 3 rings (SSSR count). The molecule has 0 aliphatic rings. The Labute approximate surface area is 138 Å². The fourth-order valence-electron chi connectivity index (χ4n) is 2.21. The number of amides is 1. The smallest absolute Gasteiger partial charge is 0.272 e.